The molecule has 0 radical (unpaired) electrons. The van der Waals surface area contributed by atoms with Crippen LogP contribution in [0, 0.1) is 12.7 Å². The Morgan fingerprint density at radius 1 is 1.00 bits per heavy atom. The van der Waals surface area contributed by atoms with Crippen molar-refractivity contribution in [3.05, 3.63) is 102 Å². The number of rotatable bonds is 7. The fourth-order valence-corrected chi connectivity index (χ4v) is 4.97. The average Bonchev–Trinajstić information content (AvgIpc) is 2.84. The second-order valence-electron chi connectivity index (χ2n) is 7.79. The number of hydrazone groups is 1. The van der Waals surface area contributed by atoms with E-state index in [2.05, 4.69) is 10.5 Å². The van der Waals surface area contributed by atoms with Crippen LogP contribution in [0.1, 0.15) is 11.1 Å². The zero-order valence-electron chi connectivity index (χ0n) is 18.7. The third-order valence-electron chi connectivity index (χ3n) is 5.35. The molecule has 4 rings (SSSR count). The third-order valence-corrected chi connectivity index (χ3v) is 7.12. The van der Waals surface area contributed by atoms with Crippen molar-refractivity contribution in [1.82, 2.24) is 5.43 Å². The van der Waals surface area contributed by atoms with Gasteiger partial charge in [-0.1, -0.05) is 60.2 Å². The van der Waals surface area contributed by atoms with E-state index in [1.54, 1.807) is 30.3 Å². The van der Waals surface area contributed by atoms with Crippen molar-refractivity contribution in [3.8, 4) is 5.75 Å². The van der Waals surface area contributed by atoms with E-state index in [0.717, 1.165) is 22.4 Å². The van der Waals surface area contributed by atoms with Crippen LogP contribution in [0.25, 0.3) is 10.8 Å². The van der Waals surface area contributed by atoms with E-state index in [9.17, 15) is 22.7 Å². The maximum atomic E-state index is 14.6. The van der Waals surface area contributed by atoms with Gasteiger partial charge in [0.2, 0.25) is 0 Å². The fraction of sp³-hybridized carbons (Fsp3) is 0.0769. The van der Waals surface area contributed by atoms with Crippen LogP contribution in [0.15, 0.2) is 94.9 Å². The van der Waals surface area contributed by atoms with Crippen molar-refractivity contribution in [2.75, 3.05) is 10.8 Å². The van der Waals surface area contributed by atoms with Gasteiger partial charge in [-0.05, 0) is 48.0 Å². The Kier molecular flexibility index (Phi) is 6.79. The van der Waals surface area contributed by atoms with Gasteiger partial charge >= 0.3 is 0 Å². The molecule has 0 saturated heterocycles. The number of aromatic hydroxyl groups is 1. The van der Waals surface area contributed by atoms with Crippen LogP contribution >= 0.6 is 0 Å². The molecule has 1 amide bonds. The molecule has 4 aromatic carbocycles. The Labute approximate surface area is 202 Å². The molecule has 4 aromatic rings. The van der Waals surface area contributed by atoms with E-state index in [4.69, 9.17) is 0 Å². The number of fused-ring (bicyclic) bond motifs is 1. The molecular weight excluding hydrogens is 469 g/mol. The van der Waals surface area contributed by atoms with Crippen LogP contribution < -0.4 is 9.73 Å². The van der Waals surface area contributed by atoms with Gasteiger partial charge in [0.05, 0.1) is 16.8 Å². The molecule has 0 atom stereocenters. The van der Waals surface area contributed by atoms with Crippen LogP contribution in [0.2, 0.25) is 0 Å². The van der Waals surface area contributed by atoms with E-state index in [1.165, 1.54) is 42.6 Å². The summed E-state index contributed by atoms with van der Waals surface area (Å²) in [4.78, 5) is 12.6. The molecule has 0 bridgehead atoms. The highest BCUT2D eigenvalue weighted by atomic mass is 32.2. The number of anilines is 1. The summed E-state index contributed by atoms with van der Waals surface area (Å²) >= 11 is 0. The first-order chi connectivity index (χ1) is 16.8. The lowest BCUT2D eigenvalue weighted by atomic mass is 10.0. The number of phenolic OH excluding ortho intramolecular Hbond substituents is 1. The van der Waals surface area contributed by atoms with Gasteiger partial charge in [0.15, 0.2) is 0 Å². The van der Waals surface area contributed by atoms with Gasteiger partial charge in [0.1, 0.15) is 18.1 Å². The monoisotopic (exact) mass is 491 g/mol. The van der Waals surface area contributed by atoms with Crippen molar-refractivity contribution in [2.45, 2.75) is 11.8 Å². The van der Waals surface area contributed by atoms with E-state index < -0.39 is 28.3 Å². The first-order valence-corrected chi connectivity index (χ1v) is 12.1. The smallest absolute Gasteiger partial charge is 0.264 e. The molecule has 0 spiro atoms. The minimum absolute atomic E-state index is 0.0309. The molecule has 0 aliphatic carbocycles. The van der Waals surface area contributed by atoms with Crippen molar-refractivity contribution >= 4 is 38.6 Å². The quantitative estimate of drug-likeness (QED) is 0.297. The molecule has 2 N–H and O–H groups in total. The number of hydrogen-bond acceptors (Lipinski definition) is 5. The number of halogens is 1. The number of para-hydroxylation sites is 1. The summed E-state index contributed by atoms with van der Waals surface area (Å²) in [5.74, 6) is -1.61. The number of sulfonamides is 1. The first kappa shape index (κ1) is 23.9. The predicted molar refractivity (Wildman–Crippen MR) is 133 cm³/mol. The summed E-state index contributed by atoms with van der Waals surface area (Å²) in [6, 6.07) is 21.9. The Hall–Kier alpha value is -4.24. The van der Waals surface area contributed by atoms with Crippen molar-refractivity contribution in [1.29, 1.82) is 0 Å². The summed E-state index contributed by atoms with van der Waals surface area (Å²) < 4.78 is 41.9. The minimum Gasteiger partial charge on any atom is -0.507 e. The second-order valence-corrected chi connectivity index (χ2v) is 9.65. The number of aryl methyl sites for hydroxylation is 1. The lowest BCUT2D eigenvalue weighted by Crippen LogP contribution is -2.40. The van der Waals surface area contributed by atoms with E-state index in [1.807, 2.05) is 19.1 Å². The summed E-state index contributed by atoms with van der Waals surface area (Å²) in [7, 11) is -4.26. The first-order valence-electron chi connectivity index (χ1n) is 10.6. The average molecular weight is 492 g/mol. The number of phenols is 1. The molecule has 178 valence electrons. The van der Waals surface area contributed by atoms with Crippen LogP contribution in [0.3, 0.4) is 0 Å². The predicted octanol–water partition coefficient (Wildman–Crippen LogP) is 4.34. The van der Waals surface area contributed by atoms with Gasteiger partial charge in [0.25, 0.3) is 15.9 Å². The maximum absolute atomic E-state index is 14.6. The summed E-state index contributed by atoms with van der Waals surface area (Å²) in [5, 5.41) is 15.7. The molecule has 0 aliphatic heterocycles. The highest BCUT2D eigenvalue weighted by molar-refractivity contribution is 7.92. The van der Waals surface area contributed by atoms with E-state index in [-0.39, 0.29) is 16.3 Å². The number of carbonyl (C=O) groups excluding carboxylic acids is 1. The van der Waals surface area contributed by atoms with Crippen molar-refractivity contribution in [2.24, 2.45) is 5.10 Å². The van der Waals surface area contributed by atoms with E-state index >= 15 is 0 Å². The van der Waals surface area contributed by atoms with Gasteiger partial charge in [0, 0.05) is 5.56 Å². The zero-order chi connectivity index (χ0) is 25.0. The topological polar surface area (TPSA) is 99.1 Å². The molecule has 7 nitrogen and oxygen atoms in total. The highest BCUT2D eigenvalue weighted by Gasteiger charge is 2.29. The Bertz CT molecular complexity index is 1520. The van der Waals surface area contributed by atoms with Gasteiger partial charge in [-0.15, -0.1) is 0 Å². The molecule has 0 aliphatic rings. The summed E-state index contributed by atoms with van der Waals surface area (Å²) in [5.41, 5.74) is 3.24. The lowest BCUT2D eigenvalue weighted by Gasteiger charge is -2.24. The standard InChI is InChI=1S/C26H22FN3O4S/c1-18-10-13-20(14-11-18)35(33,34)30(24-9-5-4-8-23(24)27)17-26(32)29-28-16-22-21-7-3-2-6-19(21)12-15-25(22)31/h2-16,31H,17H2,1H3,(H,29,32). The number of benzene rings is 4. The van der Waals surface area contributed by atoms with Crippen LogP contribution in [-0.2, 0) is 14.8 Å². The van der Waals surface area contributed by atoms with Gasteiger partial charge < -0.3 is 5.11 Å². The highest BCUT2D eigenvalue weighted by Crippen LogP contribution is 2.27. The Morgan fingerprint density at radius 2 is 1.69 bits per heavy atom. The number of nitrogens with zero attached hydrogens (tertiary/aromatic N) is 2. The third kappa shape index (κ3) is 5.15. The molecule has 0 heterocycles. The summed E-state index contributed by atoms with van der Waals surface area (Å²) in [6.45, 7) is 1.10. The lowest BCUT2D eigenvalue weighted by molar-refractivity contribution is -0.119. The molecule has 35 heavy (non-hydrogen) atoms. The van der Waals surface area contributed by atoms with Gasteiger partial charge in [-0.2, -0.15) is 5.10 Å². The van der Waals surface area contributed by atoms with E-state index in [0.29, 0.717) is 9.87 Å². The van der Waals surface area contributed by atoms with Crippen molar-refractivity contribution in [3.63, 3.8) is 0 Å². The number of carbonyl (C=O) groups is 1. The molecule has 9 heteroatoms. The molecular formula is C26H22FN3O4S. The Morgan fingerprint density at radius 3 is 2.43 bits per heavy atom. The fourth-order valence-electron chi connectivity index (χ4n) is 3.55. The molecule has 0 saturated carbocycles. The molecule has 0 unspecified atom stereocenters. The Balaban J connectivity index is 1.61. The number of nitrogens with one attached hydrogen (secondary N) is 1. The minimum atomic E-state index is -4.26. The normalized spacial score (nSPS) is 11.6. The van der Waals surface area contributed by atoms with Crippen LogP contribution in [0.4, 0.5) is 10.1 Å². The molecule has 0 aromatic heterocycles. The zero-order valence-corrected chi connectivity index (χ0v) is 19.5. The van der Waals surface area contributed by atoms with Gasteiger partial charge in [-0.3, -0.25) is 9.10 Å². The number of hydrogen-bond donors (Lipinski definition) is 2. The maximum Gasteiger partial charge on any atom is 0.264 e. The van der Waals surface area contributed by atoms with Crippen molar-refractivity contribution < 1.29 is 22.7 Å². The number of amides is 1. The van der Waals surface area contributed by atoms with Crippen LogP contribution in [0.5, 0.6) is 5.75 Å². The SMILES string of the molecule is Cc1ccc(S(=O)(=O)N(CC(=O)NN=Cc2c(O)ccc3ccccc23)c2ccccc2F)cc1. The van der Waals surface area contributed by atoms with Crippen LogP contribution in [-0.4, -0.2) is 32.2 Å². The summed E-state index contributed by atoms with van der Waals surface area (Å²) in [6.07, 6.45) is 1.28. The largest absolute Gasteiger partial charge is 0.507 e. The van der Waals surface area contributed by atoms with Gasteiger partial charge in [-0.25, -0.2) is 18.2 Å². The second kappa shape index (κ2) is 9.94. The molecule has 0 fully saturated rings.